The summed E-state index contributed by atoms with van der Waals surface area (Å²) in [6.45, 7) is 0. The van der Waals surface area contributed by atoms with E-state index in [4.69, 9.17) is 9.84 Å². The number of benzene rings is 3. The zero-order chi connectivity index (χ0) is 25.2. The lowest BCUT2D eigenvalue weighted by Crippen LogP contribution is -1.96. The Hall–Kier alpha value is -5.23. The monoisotopic (exact) mass is 476 g/mol. The molecule has 0 radical (unpaired) electrons. The van der Waals surface area contributed by atoms with Crippen LogP contribution >= 0.6 is 0 Å². The quantitative estimate of drug-likeness (QED) is 0.184. The molecule has 0 saturated carbocycles. The molecule has 176 valence electrons. The van der Waals surface area contributed by atoms with Gasteiger partial charge in [0.25, 0.3) is 0 Å². The number of hydrogen-bond donors (Lipinski definition) is 0. The molecule has 0 N–H and O–H groups in total. The van der Waals surface area contributed by atoms with Crippen molar-refractivity contribution in [3.05, 3.63) is 100 Å². The van der Waals surface area contributed by atoms with Crippen LogP contribution in [0.4, 0.5) is 5.69 Å². The molecular formula is C27H20N6O3. The maximum atomic E-state index is 11.6. The van der Waals surface area contributed by atoms with Crippen LogP contribution in [0.3, 0.4) is 0 Å². The van der Waals surface area contributed by atoms with Crippen LogP contribution in [0.25, 0.3) is 39.6 Å². The average molecular weight is 476 g/mol. The van der Waals surface area contributed by atoms with Gasteiger partial charge in [0.2, 0.25) is 0 Å². The molecule has 5 aromatic rings. The molecule has 0 aliphatic carbocycles. The summed E-state index contributed by atoms with van der Waals surface area (Å²) in [6, 6.07) is 24.1. The standard InChI is InChI=1S/C27H20N6O3/c1-31-23-11-7-6-10-22(23)29-27(31)19(16-28)14-20-17-32(21-8-4-3-5-9-21)30-26(20)18-12-13-25(36-2)24(15-18)33(34)35/h3-15,17H,1-2H3. The number of methoxy groups -OCH3 is 1. The minimum absolute atomic E-state index is 0.153. The van der Waals surface area contributed by atoms with Gasteiger partial charge in [0.05, 0.1) is 34.3 Å². The molecule has 0 atom stereocenters. The van der Waals surface area contributed by atoms with Crippen LogP contribution in [-0.4, -0.2) is 31.4 Å². The van der Waals surface area contributed by atoms with E-state index in [1.54, 1.807) is 29.1 Å². The van der Waals surface area contributed by atoms with E-state index in [1.165, 1.54) is 13.2 Å². The van der Waals surface area contributed by atoms with Gasteiger partial charge in [-0.1, -0.05) is 30.3 Å². The highest BCUT2D eigenvalue weighted by atomic mass is 16.6. The Morgan fingerprint density at radius 3 is 2.56 bits per heavy atom. The number of aryl methyl sites for hydroxylation is 1. The summed E-state index contributed by atoms with van der Waals surface area (Å²) in [5.41, 5.74) is 4.27. The largest absolute Gasteiger partial charge is 0.490 e. The molecule has 0 aliphatic heterocycles. The smallest absolute Gasteiger partial charge is 0.311 e. The van der Waals surface area contributed by atoms with Crippen LogP contribution in [-0.2, 0) is 7.05 Å². The first-order chi connectivity index (χ1) is 17.5. The van der Waals surface area contributed by atoms with Crippen molar-refractivity contribution >= 4 is 28.4 Å². The van der Waals surface area contributed by atoms with Gasteiger partial charge in [-0.25, -0.2) is 9.67 Å². The number of fused-ring (bicyclic) bond motifs is 1. The zero-order valence-electron chi connectivity index (χ0n) is 19.5. The molecule has 5 rings (SSSR count). The molecule has 0 spiro atoms. The van der Waals surface area contributed by atoms with E-state index < -0.39 is 4.92 Å². The second-order valence-electron chi connectivity index (χ2n) is 8.01. The molecule has 2 aromatic heterocycles. The summed E-state index contributed by atoms with van der Waals surface area (Å²) < 4.78 is 8.70. The third kappa shape index (κ3) is 3.97. The summed E-state index contributed by atoms with van der Waals surface area (Å²) in [4.78, 5) is 15.8. The van der Waals surface area contributed by atoms with E-state index in [2.05, 4.69) is 11.1 Å². The van der Waals surface area contributed by atoms with E-state index in [1.807, 2.05) is 66.2 Å². The van der Waals surface area contributed by atoms with Gasteiger partial charge in [0, 0.05) is 30.4 Å². The molecule has 2 heterocycles. The summed E-state index contributed by atoms with van der Waals surface area (Å²) >= 11 is 0. The second-order valence-corrected chi connectivity index (χ2v) is 8.01. The number of allylic oxidation sites excluding steroid dienone is 1. The van der Waals surface area contributed by atoms with Crippen LogP contribution in [0.5, 0.6) is 5.75 Å². The molecule has 9 nitrogen and oxygen atoms in total. The van der Waals surface area contributed by atoms with Crippen molar-refractivity contribution in [3.63, 3.8) is 0 Å². The first-order valence-electron chi connectivity index (χ1n) is 11.0. The number of aromatic nitrogens is 4. The number of nitriles is 1. The van der Waals surface area contributed by atoms with Gasteiger partial charge in [0.1, 0.15) is 11.8 Å². The fraction of sp³-hybridized carbons (Fsp3) is 0.0741. The fourth-order valence-corrected chi connectivity index (χ4v) is 4.10. The van der Waals surface area contributed by atoms with Crippen molar-refractivity contribution in [2.75, 3.05) is 7.11 Å². The fourth-order valence-electron chi connectivity index (χ4n) is 4.10. The third-order valence-electron chi connectivity index (χ3n) is 5.86. The van der Waals surface area contributed by atoms with Crippen molar-refractivity contribution in [1.82, 2.24) is 19.3 Å². The molecule has 0 bridgehead atoms. The number of rotatable bonds is 6. The number of nitrogens with zero attached hydrogens (tertiary/aromatic N) is 6. The first kappa shape index (κ1) is 22.6. The number of nitro benzene ring substituents is 1. The molecule has 0 amide bonds. The summed E-state index contributed by atoms with van der Waals surface area (Å²) in [6.07, 6.45) is 3.50. The highest BCUT2D eigenvalue weighted by Gasteiger charge is 2.20. The number of ether oxygens (including phenoxy) is 1. The molecule has 0 fully saturated rings. The minimum atomic E-state index is -0.494. The van der Waals surface area contributed by atoms with Crippen molar-refractivity contribution < 1.29 is 9.66 Å². The van der Waals surface area contributed by atoms with Gasteiger partial charge >= 0.3 is 5.69 Å². The molecular weight excluding hydrogens is 456 g/mol. The lowest BCUT2D eigenvalue weighted by atomic mass is 10.0. The Morgan fingerprint density at radius 1 is 1.11 bits per heavy atom. The minimum Gasteiger partial charge on any atom is -0.490 e. The Labute approximate surface area is 206 Å². The van der Waals surface area contributed by atoms with Crippen molar-refractivity contribution in [2.45, 2.75) is 0 Å². The van der Waals surface area contributed by atoms with Gasteiger partial charge < -0.3 is 9.30 Å². The molecule has 3 aromatic carbocycles. The third-order valence-corrected chi connectivity index (χ3v) is 5.86. The topological polar surface area (TPSA) is 112 Å². The predicted molar refractivity (Wildman–Crippen MR) is 136 cm³/mol. The van der Waals surface area contributed by atoms with Crippen molar-refractivity contribution in [1.29, 1.82) is 5.26 Å². The number of para-hydroxylation sites is 3. The van der Waals surface area contributed by atoms with Crippen LogP contribution in [0.15, 0.2) is 79.0 Å². The lowest BCUT2D eigenvalue weighted by molar-refractivity contribution is -0.385. The number of hydrogen-bond acceptors (Lipinski definition) is 6. The van der Waals surface area contributed by atoms with E-state index in [-0.39, 0.29) is 11.4 Å². The van der Waals surface area contributed by atoms with E-state index in [9.17, 15) is 15.4 Å². The first-order valence-corrected chi connectivity index (χ1v) is 11.0. The maximum absolute atomic E-state index is 11.6. The van der Waals surface area contributed by atoms with E-state index in [0.29, 0.717) is 28.2 Å². The molecule has 0 saturated heterocycles. The van der Waals surface area contributed by atoms with Crippen LogP contribution < -0.4 is 4.74 Å². The maximum Gasteiger partial charge on any atom is 0.311 e. The van der Waals surface area contributed by atoms with Gasteiger partial charge in [-0.15, -0.1) is 0 Å². The molecule has 0 unspecified atom stereocenters. The summed E-state index contributed by atoms with van der Waals surface area (Å²) in [7, 11) is 3.24. The average Bonchev–Trinajstić information content (AvgIpc) is 3.48. The molecule has 0 aliphatic rings. The SMILES string of the molecule is COc1ccc(-c2nn(-c3ccccc3)cc2C=C(C#N)c2nc3ccccc3n2C)cc1[N+](=O)[O-]. The van der Waals surface area contributed by atoms with Crippen LogP contribution in [0.1, 0.15) is 11.4 Å². The zero-order valence-corrected chi connectivity index (χ0v) is 19.5. The van der Waals surface area contributed by atoms with Gasteiger partial charge in [-0.05, 0) is 42.5 Å². The summed E-state index contributed by atoms with van der Waals surface area (Å²) in [5, 5.41) is 26.4. The number of nitro groups is 1. The molecule has 9 heteroatoms. The van der Waals surface area contributed by atoms with Gasteiger partial charge in [0.15, 0.2) is 11.6 Å². The Bertz CT molecular complexity index is 1680. The Balaban J connectivity index is 1.71. The molecule has 36 heavy (non-hydrogen) atoms. The van der Waals surface area contributed by atoms with Gasteiger partial charge in [-0.2, -0.15) is 10.4 Å². The van der Waals surface area contributed by atoms with Crippen LogP contribution in [0.2, 0.25) is 0 Å². The lowest BCUT2D eigenvalue weighted by Gasteiger charge is -2.05. The van der Waals surface area contributed by atoms with Crippen molar-refractivity contribution in [3.8, 4) is 28.8 Å². The van der Waals surface area contributed by atoms with Gasteiger partial charge in [-0.3, -0.25) is 10.1 Å². The highest BCUT2D eigenvalue weighted by Crippen LogP contribution is 2.34. The van der Waals surface area contributed by atoms with Crippen molar-refractivity contribution in [2.24, 2.45) is 7.05 Å². The Kier molecular flexibility index (Phi) is 5.76. The van der Waals surface area contributed by atoms with E-state index in [0.717, 1.165) is 16.7 Å². The van der Waals surface area contributed by atoms with E-state index >= 15 is 0 Å². The summed E-state index contributed by atoms with van der Waals surface area (Å²) in [5.74, 6) is 0.665. The predicted octanol–water partition coefficient (Wildman–Crippen LogP) is 5.41. The normalized spacial score (nSPS) is 11.4. The number of imidazole rings is 1. The Morgan fingerprint density at radius 2 is 1.86 bits per heavy atom. The van der Waals surface area contributed by atoms with Crippen LogP contribution in [0, 0.1) is 21.4 Å². The highest BCUT2D eigenvalue weighted by molar-refractivity contribution is 5.93. The second kappa shape index (κ2) is 9.19.